The number of carbonyl (C=O) groups excluding carboxylic acids is 1. The molecule has 1 amide bonds. The zero-order chi connectivity index (χ0) is 23.8. The number of ether oxygens (including phenoxy) is 1. The van der Waals surface area contributed by atoms with Gasteiger partial charge in [0.05, 0.1) is 19.3 Å². The summed E-state index contributed by atoms with van der Waals surface area (Å²) in [5, 5.41) is 1.06. The number of hydrogen-bond donors (Lipinski definition) is 0. The van der Waals surface area contributed by atoms with Crippen LogP contribution < -0.4 is 5.06 Å². The van der Waals surface area contributed by atoms with E-state index in [0.29, 0.717) is 6.61 Å². The summed E-state index contributed by atoms with van der Waals surface area (Å²) in [6.45, 7) is 4.66. The lowest BCUT2D eigenvalue weighted by atomic mass is 9.94. The van der Waals surface area contributed by atoms with Crippen LogP contribution in [0.1, 0.15) is 24.5 Å². The fraction of sp³-hybridized carbons (Fsp3) is 0.321. The van der Waals surface area contributed by atoms with Crippen LogP contribution in [-0.4, -0.2) is 36.6 Å². The Labute approximate surface area is 200 Å². The molecule has 0 radical (unpaired) electrons. The van der Waals surface area contributed by atoms with E-state index in [9.17, 15) is 9.18 Å². The van der Waals surface area contributed by atoms with Crippen molar-refractivity contribution in [3.05, 3.63) is 102 Å². The standard InChI is InChI=1S/C28H31FN2O3/c1-22(32)31(27-15-9-8-14-26(27)29)34-21-25-16-17-30(18-23-10-4-2-5-11-23)19-28(25)33-20-24-12-6-3-7-13-24/h2-15,25,28H,16-21H2,1H3/t25-,28-/m1/s1. The highest BCUT2D eigenvalue weighted by molar-refractivity contribution is 5.89. The minimum atomic E-state index is -0.493. The minimum absolute atomic E-state index is 0.0735. The maximum Gasteiger partial charge on any atom is 0.247 e. The summed E-state index contributed by atoms with van der Waals surface area (Å²) in [7, 11) is 0. The Hall–Kier alpha value is -3.06. The average molecular weight is 463 g/mol. The molecule has 0 bridgehead atoms. The van der Waals surface area contributed by atoms with Gasteiger partial charge in [-0.3, -0.25) is 14.5 Å². The second kappa shape index (κ2) is 11.9. The van der Waals surface area contributed by atoms with E-state index in [1.54, 1.807) is 18.2 Å². The van der Waals surface area contributed by atoms with Crippen molar-refractivity contribution in [2.75, 3.05) is 24.8 Å². The molecule has 6 heteroatoms. The van der Waals surface area contributed by atoms with Crippen LogP contribution in [0.3, 0.4) is 0 Å². The van der Waals surface area contributed by atoms with Crippen molar-refractivity contribution in [2.45, 2.75) is 32.6 Å². The van der Waals surface area contributed by atoms with E-state index in [0.717, 1.165) is 36.7 Å². The average Bonchev–Trinajstić information content (AvgIpc) is 2.86. The minimum Gasteiger partial charge on any atom is -0.372 e. The molecule has 3 aromatic carbocycles. The normalized spacial score (nSPS) is 18.5. The number of hydrogen-bond acceptors (Lipinski definition) is 4. The number of likely N-dealkylation sites (tertiary alicyclic amines) is 1. The second-order valence-corrected chi connectivity index (χ2v) is 8.67. The number of hydroxylamine groups is 1. The molecule has 2 atom stereocenters. The van der Waals surface area contributed by atoms with Gasteiger partial charge in [0.2, 0.25) is 5.91 Å². The van der Waals surface area contributed by atoms with Gasteiger partial charge in [-0.15, -0.1) is 0 Å². The monoisotopic (exact) mass is 462 g/mol. The molecule has 178 valence electrons. The fourth-order valence-corrected chi connectivity index (χ4v) is 4.29. The number of halogens is 1. The van der Waals surface area contributed by atoms with Crippen molar-refractivity contribution in [1.82, 2.24) is 4.90 Å². The molecule has 0 unspecified atom stereocenters. The molecular weight excluding hydrogens is 431 g/mol. The van der Waals surface area contributed by atoms with E-state index >= 15 is 0 Å². The number of rotatable bonds is 9. The molecular formula is C28H31FN2O3. The molecule has 0 N–H and O–H groups in total. The van der Waals surface area contributed by atoms with Gasteiger partial charge in [0.25, 0.3) is 0 Å². The topological polar surface area (TPSA) is 42.0 Å². The third-order valence-corrected chi connectivity index (χ3v) is 6.11. The first-order valence-electron chi connectivity index (χ1n) is 11.7. The summed E-state index contributed by atoms with van der Waals surface area (Å²) in [5.41, 5.74) is 2.50. The maximum atomic E-state index is 14.3. The van der Waals surface area contributed by atoms with Crippen molar-refractivity contribution in [3.8, 4) is 0 Å². The fourth-order valence-electron chi connectivity index (χ4n) is 4.29. The first-order chi connectivity index (χ1) is 16.6. The summed E-state index contributed by atoms with van der Waals surface area (Å²) in [6, 6.07) is 26.6. The molecule has 1 heterocycles. The molecule has 0 aromatic heterocycles. The Balaban J connectivity index is 1.43. The molecule has 1 aliphatic rings. The summed E-state index contributed by atoms with van der Waals surface area (Å²) in [6.07, 6.45) is 0.780. The SMILES string of the molecule is CC(=O)N(OC[C@H]1CCN(Cc2ccccc2)C[C@H]1OCc1ccccc1)c1ccccc1F. The number of benzene rings is 3. The number of piperidine rings is 1. The van der Waals surface area contributed by atoms with Gasteiger partial charge >= 0.3 is 0 Å². The molecule has 5 nitrogen and oxygen atoms in total. The second-order valence-electron chi connectivity index (χ2n) is 8.67. The predicted octanol–water partition coefficient (Wildman–Crippen LogP) is 5.22. The van der Waals surface area contributed by atoms with Gasteiger partial charge in [-0.05, 0) is 36.2 Å². The van der Waals surface area contributed by atoms with Gasteiger partial charge in [-0.25, -0.2) is 4.39 Å². The lowest BCUT2D eigenvalue weighted by molar-refractivity contribution is -0.127. The van der Waals surface area contributed by atoms with Crippen LogP contribution in [-0.2, 0) is 27.5 Å². The van der Waals surface area contributed by atoms with E-state index in [1.165, 1.54) is 18.6 Å². The predicted molar refractivity (Wildman–Crippen MR) is 130 cm³/mol. The van der Waals surface area contributed by atoms with Crippen LogP contribution in [0, 0.1) is 11.7 Å². The van der Waals surface area contributed by atoms with E-state index in [2.05, 4.69) is 29.2 Å². The number of amides is 1. The van der Waals surface area contributed by atoms with Gasteiger partial charge in [0.1, 0.15) is 11.5 Å². The van der Waals surface area contributed by atoms with Crippen molar-refractivity contribution in [1.29, 1.82) is 0 Å². The van der Waals surface area contributed by atoms with Crippen LogP contribution >= 0.6 is 0 Å². The molecule has 4 rings (SSSR count). The van der Waals surface area contributed by atoms with E-state index in [1.807, 2.05) is 36.4 Å². The largest absolute Gasteiger partial charge is 0.372 e. The van der Waals surface area contributed by atoms with Gasteiger partial charge < -0.3 is 4.74 Å². The summed E-state index contributed by atoms with van der Waals surface area (Å²) < 4.78 is 20.7. The summed E-state index contributed by atoms with van der Waals surface area (Å²) in [4.78, 5) is 20.5. The first-order valence-corrected chi connectivity index (χ1v) is 11.7. The Morgan fingerprint density at radius 1 is 0.971 bits per heavy atom. The Kier molecular flexibility index (Phi) is 8.41. The molecule has 0 aliphatic carbocycles. The zero-order valence-corrected chi connectivity index (χ0v) is 19.5. The summed E-state index contributed by atoms with van der Waals surface area (Å²) in [5.74, 6) is -0.787. The number of anilines is 1. The molecule has 3 aromatic rings. The van der Waals surface area contributed by atoms with Gasteiger partial charge in [-0.2, -0.15) is 5.06 Å². The third kappa shape index (κ3) is 6.50. The van der Waals surface area contributed by atoms with Crippen LogP contribution in [0.4, 0.5) is 10.1 Å². The van der Waals surface area contributed by atoms with Gasteiger partial charge in [0, 0.05) is 25.9 Å². The lowest BCUT2D eigenvalue weighted by Gasteiger charge is -2.39. The summed E-state index contributed by atoms with van der Waals surface area (Å²) >= 11 is 0. The van der Waals surface area contributed by atoms with Crippen LogP contribution in [0.5, 0.6) is 0 Å². The molecule has 1 saturated heterocycles. The molecule has 0 spiro atoms. The van der Waals surface area contributed by atoms with Crippen molar-refractivity contribution in [3.63, 3.8) is 0 Å². The molecule has 34 heavy (non-hydrogen) atoms. The zero-order valence-electron chi connectivity index (χ0n) is 19.5. The van der Waals surface area contributed by atoms with Crippen molar-refractivity contribution in [2.24, 2.45) is 5.92 Å². The van der Waals surface area contributed by atoms with E-state index in [4.69, 9.17) is 9.57 Å². The van der Waals surface area contributed by atoms with Crippen LogP contribution in [0.15, 0.2) is 84.9 Å². The van der Waals surface area contributed by atoms with E-state index < -0.39 is 5.82 Å². The molecule has 1 aliphatic heterocycles. The Bertz CT molecular complexity index is 1050. The molecule has 1 fully saturated rings. The van der Waals surface area contributed by atoms with Crippen molar-refractivity contribution >= 4 is 11.6 Å². The number of nitrogens with zero attached hydrogens (tertiary/aromatic N) is 2. The maximum absolute atomic E-state index is 14.3. The van der Waals surface area contributed by atoms with Gasteiger partial charge in [0.15, 0.2) is 0 Å². The Morgan fingerprint density at radius 3 is 2.29 bits per heavy atom. The smallest absolute Gasteiger partial charge is 0.247 e. The highest BCUT2D eigenvalue weighted by Crippen LogP contribution is 2.26. The van der Waals surface area contributed by atoms with E-state index in [-0.39, 0.29) is 30.2 Å². The number of carbonyl (C=O) groups is 1. The highest BCUT2D eigenvalue weighted by atomic mass is 19.1. The van der Waals surface area contributed by atoms with Crippen LogP contribution in [0.25, 0.3) is 0 Å². The Morgan fingerprint density at radius 2 is 1.62 bits per heavy atom. The van der Waals surface area contributed by atoms with Crippen molar-refractivity contribution < 1.29 is 18.8 Å². The van der Waals surface area contributed by atoms with Crippen LogP contribution in [0.2, 0.25) is 0 Å². The van der Waals surface area contributed by atoms with Gasteiger partial charge in [-0.1, -0.05) is 72.8 Å². The molecule has 0 saturated carbocycles. The number of para-hydroxylation sites is 1. The quantitative estimate of drug-likeness (QED) is 0.409. The highest BCUT2D eigenvalue weighted by Gasteiger charge is 2.31. The first kappa shape index (κ1) is 24.1. The lowest BCUT2D eigenvalue weighted by Crippen LogP contribution is -2.47. The third-order valence-electron chi connectivity index (χ3n) is 6.11.